The van der Waals surface area contributed by atoms with E-state index in [0.717, 1.165) is 34.0 Å². The third-order valence-electron chi connectivity index (χ3n) is 3.92. The quantitative estimate of drug-likeness (QED) is 0.617. The van der Waals surface area contributed by atoms with Crippen LogP contribution in [0, 0.1) is 6.92 Å². The Bertz CT molecular complexity index is 982. The molecule has 0 radical (unpaired) electrons. The smallest absolute Gasteiger partial charge is 0.214 e. The van der Waals surface area contributed by atoms with E-state index < -0.39 is 0 Å². The molecule has 0 fully saturated rings. The molecular weight excluding hydrogens is 302 g/mol. The average molecular weight is 321 g/mol. The van der Waals surface area contributed by atoms with Crippen LogP contribution in [0.5, 0.6) is 0 Å². The molecule has 0 unspecified atom stereocenters. The highest BCUT2D eigenvalue weighted by Crippen LogP contribution is 2.21. The average Bonchev–Trinajstić information content (AvgIpc) is 3.13. The summed E-state index contributed by atoms with van der Waals surface area (Å²) in [5, 5.41) is 7.89. The summed E-state index contributed by atoms with van der Waals surface area (Å²) in [6.45, 7) is 6.72. The summed E-state index contributed by atoms with van der Waals surface area (Å²) >= 11 is 0. The number of rotatable bonds is 4. The molecule has 1 N–H and O–H groups in total. The van der Waals surface area contributed by atoms with Gasteiger partial charge in [0.25, 0.3) is 0 Å². The first-order valence-electron chi connectivity index (χ1n) is 8.06. The van der Waals surface area contributed by atoms with Crippen molar-refractivity contribution in [2.24, 2.45) is 0 Å². The lowest BCUT2D eigenvalue weighted by atomic mass is 10.1. The molecule has 24 heavy (non-hydrogen) atoms. The van der Waals surface area contributed by atoms with E-state index in [-0.39, 0.29) is 0 Å². The zero-order valence-electron chi connectivity index (χ0n) is 13.9. The van der Waals surface area contributed by atoms with Gasteiger partial charge in [0.1, 0.15) is 11.3 Å². The molecule has 4 rings (SSSR count). The number of aryl methyl sites for hydroxylation is 1. The molecule has 6 heteroatoms. The Morgan fingerprint density at radius 1 is 1.17 bits per heavy atom. The largest absolute Gasteiger partial charge is 0.439 e. The van der Waals surface area contributed by atoms with Gasteiger partial charge < -0.3 is 9.73 Å². The summed E-state index contributed by atoms with van der Waals surface area (Å²) in [4.78, 5) is 9.16. The van der Waals surface area contributed by atoms with Gasteiger partial charge in [-0.25, -0.2) is 9.97 Å². The summed E-state index contributed by atoms with van der Waals surface area (Å²) in [6, 6.07) is 11.8. The van der Waals surface area contributed by atoms with Crippen LogP contribution in [-0.4, -0.2) is 19.6 Å². The summed E-state index contributed by atoms with van der Waals surface area (Å²) in [7, 11) is 0. The first-order chi connectivity index (χ1) is 11.6. The fraction of sp³-hybridized carbons (Fsp3) is 0.278. The van der Waals surface area contributed by atoms with Gasteiger partial charge in [-0.05, 0) is 25.0 Å². The van der Waals surface area contributed by atoms with Crippen molar-refractivity contribution >= 4 is 22.6 Å². The summed E-state index contributed by atoms with van der Waals surface area (Å²) in [5.41, 5.74) is 4.48. The van der Waals surface area contributed by atoms with Gasteiger partial charge in [-0.2, -0.15) is 9.61 Å². The molecule has 0 atom stereocenters. The Kier molecular flexibility index (Phi) is 3.45. The fourth-order valence-corrected chi connectivity index (χ4v) is 2.69. The Morgan fingerprint density at radius 3 is 2.79 bits per heavy atom. The maximum atomic E-state index is 5.77. The lowest BCUT2D eigenvalue weighted by Gasteiger charge is -2.11. The summed E-state index contributed by atoms with van der Waals surface area (Å²) < 4.78 is 7.59. The van der Waals surface area contributed by atoms with Crippen molar-refractivity contribution in [1.82, 2.24) is 19.6 Å². The van der Waals surface area contributed by atoms with Gasteiger partial charge in [-0.1, -0.05) is 26.0 Å². The van der Waals surface area contributed by atoms with Crippen molar-refractivity contribution in [2.75, 3.05) is 5.32 Å². The zero-order valence-corrected chi connectivity index (χ0v) is 13.9. The number of hydrogen-bond donors (Lipinski definition) is 1. The Balaban J connectivity index is 1.67. The minimum absolute atomic E-state index is 0.343. The van der Waals surface area contributed by atoms with Gasteiger partial charge in [0.15, 0.2) is 11.2 Å². The number of oxazole rings is 1. The van der Waals surface area contributed by atoms with E-state index in [9.17, 15) is 0 Å². The van der Waals surface area contributed by atoms with Gasteiger partial charge in [0, 0.05) is 17.8 Å². The first-order valence-corrected chi connectivity index (χ1v) is 8.06. The molecule has 0 saturated carbocycles. The molecule has 4 aromatic rings. The van der Waals surface area contributed by atoms with E-state index in [1.165, 1.54) is 0 Å². The number of anilines is 1. The number of benzene rings is 1. The molecular formula is C18H19N5O. The first kappa shape index (κ1) is 14.7. The van der Waals surface area contributed by atoms with Gasteiger partial charge in [0.2, 0.25) is 5.89 Å². The summed E-state index contributed by atoms with van der Waals surface area (Å²) in [6.07, 6.45) is 0. The molecule has 0 bridgehead atoms. The van der Waals surface area contributed by atoms with E-state index in [1.54, 1.807) is 0 Å². The molecule has 0 amide bonds. The van der Waals surface area contributed by atoms with Crippen LogP contribution in [0.4, 0.5) is 5.82 Å². The second-order valence-electron chi connectivity index (χ2n) is 6.21. The normalized spacial score (nSPS) is 11.7. The topological polar surface area (TPSA) is 68.2 Å². The second kappa shape index (κ2) is 5.63. The number of nitrogens with one attached hydrogen (secondary N) is 1. The minimum Gasteiger partial charge on any atom is -0.439 e. The predicted molar refractivity (Wildman–Crippen MR) is 93.1 cm³/mol. The van der Waals surface area contributed by atoms with Crippen molar-refractivity contribution in [1.29, 1.82) is 0 Å². The molecule has 3 aromatic heterocycles. The van der Waals surface area contributed by atoms with E-state index in [0.29, 0.717) is 18.4 Å². The lowest BCUT2D eigenvalue weighted by molar-refractivity contribution is 0.539. The van der Waals surface area contributed by atoms with Crippen LogP contribution >= 0.6 is 0 Å². The van der Waals surface area contributed by atoms with Crippen molar-refractivity contribution in [3.05, 3.63) is 53.7 Å². The number of fused-ring (bicyclic) bond motifs is 2. The predicted octanol–water partition coefficient (Wildman–Crippen LogP) is 3.91. The third kappa shape index (κ3) is 2.60. The Hall–Kier alpha value is -2.89. The highest BCUT2D eigenvalue weighted by atomic mass is 16.3. The van der Waals surface area contributed by atoms with Gasteiger partial charge >= 0.3 is 0 Å². The monoisotopic (exact) mass is 321 g/mol. The maximum absolute atomic E-state index is 5.77. The van der Waals surface area contributed by atoms with E-state index >= 15 is 0 Å². The molecule has 0 spiro atoms. The molecule has 3 heterocycles. The SMILES string of the molecule is Cc1cc2nc(C(C)C)cc(NCc3nc4ccccc4o3)n2n1. The number of para-hydroxylation sites is 2. The van der Waals surface area contributed by atoms with Crippen molar-refractivity contribution in [3.63, 3.8) is 0 Å². The van der Waals surface area contributed by atoms with Gasteiger partial charge in [-0.15, -0.1) is 0 Å². The molecule has 122 valence electrons. The van der Waals surface area contributed by atoms with Gasteiger partial charge in [-0.3, -0.25) is 0 Å². The van der Waals surface area contributed by atoms with Crippen LogP contribution < -0.4 is 5.32 Å². The highest BCUT2D eigenvalue weighted by molar-refractivity contribution is 5.72. The number of nitrogens with zero attached hydrogens (tertiary/aromatic N) is 4. The van der Waals surface area contributed by atoms with Gasteiger partial charge in [0.05, 0.1) is 12.2 Å². The minimum atomic E-state index is 0.343. The van der Waals surface area contributed by atoms with Crippen LogP contribution in [0.15, 0.2) is 40.8 Å². The summed E-state index contributed by atoms with van der Waals surface area (Å²) in [5.74, 6) is 1.88. The lowest BCUT2D eigenvalue weighted by Crippen LogP contribution is -2.08. The van der Waals surface area contributed by atoms with E-state index in [2.05, 4.69) is 34.2 Å². The van der Waals surface area contributed by atoms with Crippen LogP contribution in [0.2, 0.25) is 0 Å². The van der Waals surface area contributed by atoms with Crippen molar-refractivity contribution in [2.45, 2.75) is 33.2 Å². The number of hydrogen-bond acceptors (Lipinski definition) is 5. The number of aromatic nitrogens is 4. The van der Waals surface area contributed by atoms with Crippen LogP contribution in [-0.2, 0) is 6.54 Å². The third-order valence-corrected chi connectivity index (χ3v) is 3.92. The standard InChI is InChI=1S/C18H19N5O/c1-11(2)14-9-16(23-17(20-14)8-12(3)22-23)19-10-18-21-13-6-4-5-7-15(13)24-18/h4-9,11,19H,10H2,1-3H3. The van der Waals surface area contributed by atoms with Crippen molar-refractivity contribution in [3.8, 4) is 0 Å². The molecule has 0 aliphatic carbocycles. The Labute approximate surface area is 139 Å². The molecule has 0 saturated heterocycles. The van der Waals surface area contributed by atoms with Crippen LogP contribution in [0.1, 0.15) is 37.0 Å². The van der Waals surface area contributed by atoms with E-state index in [1.807, 2.05) is 47.8 Å². The maximum Gasteiger partial charge on any atom is 0.214 e. The zero-order chi connectivity index (χ0) is 16.7. The molecule has 0 aliphatic rings. The molecule has 6 nitrogen and oxygen atoms in total. The highest BCUT2D eigenvalue weighted by Gasteiger charge is 2.11. The Morgan fingerprint density at radius 2 is 2.00 bits per heavy atom. The fourth-order valence-electron chi connectivity index (χ4n) is 2.69. The van der Waals surface area contributed by atoms with E-state index in [4.69, 9.17) is 4.42 Å². The van der Waals surface area contributed by atoms with Crippen LogP contribution in [0.3, 0.4) is 0 Å². The van der Waals surface area contributed by atoms with Crippen molar-refractivity contribution < 1.29 is 4.42 Å². The molecule has 1 aromatic carbocycles. The second-order valence-corrected chi connectivity index (χ2v) is 6.21. The van der Waals surface area contributed by atoms with Crippen LogP contribution in [0.25, 0.3) is 16.7 Å². The molecule has 0 aliphatic heterocycles.